The van der Waals surface area contributed by atoms with Gasteiger partial charge in [-0.2, -0.15) is 0 Å². The Labute approximate surface area is 122 Å². The summed E-state index contributed by atoms with van der Waals surface area (Å²) in [6, 6.07) is 0. The van der Waals surface area contributed by atoms with Gasteiger partial charge in [-0.25, -0.2) is 4.98 Å². The molecule has 1 saturated heterocycles. The second-order valence-corrected chi connectivity index (χ2v) is 6.19. The van der Waals surface area contributed by atoms with E-state index in [2.05, 4.69) is 14.5 Å². The third-order valence-corrected chi connectivity index (χ3v) is 4.51. The number of nitrogens with zero attached hydrogens (tertiary/aromatic N) is 4. The van der Waals surface area contributed by atoms with Crippen LogP contribution >= 0.6 is 11.3 Å². The van der Waals surface area contributed by atoms with Crippen molar-refractivity contribution >= 4 is 17.2 Å². The summed E-state index contributed by atoms with van der Waals surface area (Å²) in [5.41, 5.74) is 2.74. The van der Waals surface area contributed by atoms with Gasteiger partial charge in [-0.3, -0.25) is 9.78 Å². The molecule has 0 spiro atoms. The average molecular weight is 290 g/mol. The molecule has 106 valence electrons. The second kappa shape index (κ2) is 5.36. The maximum Gasteiger partial charge on any atom is 0.265 e. The van der Waals surface area contributed by atoms with Crippen molar-refractivity contribution in [1.29, 1.82) is 0 Å². The SMILES string of the molecule is Cc1cn(C)c(C2CCCN(C(=O)c3cncs3)C2)n1. The van der Waals surface area contributed by atoms with Crippen LogP contribution in [0.5, 0.6) is 0 Å². The molecule has 3 heterocycles. The zero-order valence-corrected chi connectivity index (χ0v) is 12.6. The van der Waals surface area contributed by atoms with E-state index in [-0.39, 0.29) is 5.91 Å². The van der Waals surface area contributed by atoms with Gasteiger partial charge >= 0.3 is 0 Å². The van der Waals surface area contributed by atoms with Crippen molar-refractivity contribution < 1.29 is 4.79 Å². The van der Waals surface area contributed by atoms with Crippen molar-refractivity contribution in [3.05, 3.63) is 34.3 Å². The molecule has 1 aliphatic heterocycles. The highest BCUT2D eigenvalue weighted by Gasteiger charge is 2.28. The lowest BCUT2D eigenvalue weighted by Crippen LogP contribution is -2.39. The van der Waals surface area contributed by atoms with E-state index >= 15 is 0 Å². The maximum atomic E-state index is 12.4. The molecule has 2 aromatic heterocycles. The number of thiazole rings is 1. The van der Waals surface area contributed by atoms with Crippen molar-refractivity contribution in [2.75, 3.05) is 13.1 Å². The van der Waals surface area contributed by atoms with Gasteiger partial charge in [0, 0.05) is 32.3 Å². The number of carbonyl (C=O) groups is 1. The zero-order valence-electron chi connectivity index (χ0n) is 11.7. The van der Waals surface area contributed by atoms with E-state index in [1.54, 1.807) is 11.7 Å². The lowest BCUT2D eigenvalue weighted by molar-refractivity contribution is 0.0708. The molecule has 6 heteroatoms. The van der Waals surface area contributed by atoms with Crippen molar-refractivity contribution in [2.45, 2.75) is 25.7 Å². The molecule has 0 aromatic carbocycles. The molecule has 0 bridgehead atoms. The van der Waals surface area contributed by atoms with Crippen LogP contribution < -0.4 is 0 Å². The molecule has 0 aliphatic carbocycles. The molecule has 0 radical (unpaired) electrons. The van der Waals surface area contributed by atoms with E-state index < -0.39 is 0 Å². The van der Waals surface area contributed by atoms with Crippen molar-refractivity contribution in [1.82, 2.24) is 19.4 Å². The van der Waals surface area contributed by atoms with Crippen molar-refractivity contribution in [3.63, 3.8) is 0 Å². The van der Waals surface area contributed by atoms with Gasteiger partial charge in [0.2, 0.25) is 0 Å². The Morgan fingerprint density at radius 1 is 1.50 bits per heavy atom. The lowest BCUT2D eigenvalue weighted by Gasteiger charge is -2.32. The quantitative estimate of drug-likeness (QED) is 0.852. The molecule has 2 aromatic rings. The molecule has 3 rings (SSSR count). The van der Waals surface area contributed by atoms with Crippen molar-refractivity contribution in [2.24, 2.45) is 7.05 Å². The van der Waals surface area contributed by atoms with E-state index in [0.29, 0.717) is 5.92 Å². The summed E-state index contributed by atoms with van der Waals surface area (Å²) in [4.78, 5) is 23.6. The predicted octanol–water partition coefficient (Wildman–Crippen LogP) is 2.20. The molecule has 1 amide bonds. The van der Waals surface area contributed by atoms with Gasteiger partial charge < -0.3 is 9.47 Å². The Bertz CT molecular complexity index is 605. The van der Waals surface area contributed by atoms with Crippen LogP contribution in [-0.4, -0.2) is 38.4 Å². The number of likely N-dealkylation sites (tertiary alicyclic amines) is 1. The fourth-order valence-corrected chi connectivity index (χ4v) is 3.45. The topological polar surface area (TPSA) is 51.0 Å². The highest BCUT2D eigenvalue weighted by atomic mass is 32.1. The van der Waals surface area contributed by atoms with Gasteiger partial charge in [0.05, 0.1) is 17.4 Å². The summed E-state index contributed by atoms with van der Waals surface area (Å²) in [6.45, 7) is 3.59. The first-order chi connectivity index (χ1) is 9.65. The summed E-state index contributed by atoms with van der Waals surface area (Å²) in [6.07, 6.45) is 5.82. The van der Waals surface area contributed by atoms with Crippen LogP contribution in [0, 0.1) is 6.92 Å². The fourth-order valence-electron chi connectivity index (χ4n) is 2.86. The summed E-state index contributed by atoms with van der Waals surface area (Å²) in [5, 5.41) is 0. The van der Waals surface area contributed by atoms with Gasteiger partial charge in [-0.1, -0.05) is 0 Å². The first-order valence-corrected chi connectivity index (χ1v) is 7.70. The molecule has 1 fully saturated rings. The van der Waals surface area contributed by atoms with Crippen LogP contribution in [0.25, 0.3) is 0 Å². The molecule has 1 aliphatic rings. The zero-order chi connectivity index (χ0) is 14.1. The highest BCUT2D eigenvalue weighted by molar-refractivity contribution is 7.11. The normalized spacial score (nSPS) is 19.3. The largest absolute Gasteiger partial charge is 0.337 e. The molecule has 5 nitrogen and oxygen atoms in total. The molecule has 1 unspecified atom stereocenters. The Kier molecular flexibility index (Phi) is 3.56. The van der Waals surface area contributed by atoms with Crippen LogP contribution in [0.2, 0.25) is 0 Å². The molecule has 0 saturated carbocycles. The van der Waals surface area contributed by atoms with E-state index in [1.165, 1.54) is 11.3 Å². The smallest absolute Gasteiger partial charge is 0.265 e. The molecule has 20 heavy (non-hydrogen) atoms. The number of hydrogen-bond acceptors (Lipinski definition) is 4. The third-order valence-electron chi connectivity index (χ3n) is 3.75. The van der Waals surface area contributed by atoms with Gasteiger partial charge in [0.1, 0.15) is 10.7 Å². The maximum absolute atomic E-state index is 12.4. The van der Waals surface area contributed by atoms with E-state index in [0.717, 1.165) is 42.3 Å². The molecular formula is C14H18N4OS. The number of amides is 1. The molecular weight excluding hydrogens is 272 g/mol. The van der Waals surface area contributed by atoms with Gasteiger partial charge in [0.25, 0.3) is 5.91 Å². The van der Waals surface area contributed by atoms with Gasteiger partial charge in [0.15, 0.2) is 0 Å². The third kappa shape index (κ3) is 2.47. The summed E-state index contributed by atoms with van der Waals surface area (Å²) in [7, 11) is 2.03. The first-order valence-electron chi connectivity index (χ1n) is 6.83. The summed E-state index contributed by atoms with van der Waals surface area (Å²) in [5.74, 6) is 1.52. The minimum absolute atomic E-state index is 0.100. The lowest BCUT2D eigenvalue weighted by atomic mass is 9.97. The Morgan fingerprint density at radius 3 is 3.00 bits per heavy atom. The van der Waals surface area contributed by atoms with Gasteiger partial charge in [-0.05, 0) is 19.8 Å². The second-order valence-electron chi connectivity index (χ2n) is 5.31. The predicted molar refractivity (Wildman–Crippen MR) is 77.9 cm³/mol. The highest BCUT2D eigenvalue weighted by Crippen LogP contribution is 2.27. The average Bonchev–Trinajstić information content (AvgIpc) is 3.08. The fraction of sp³-hybridized carbons (Fsp3) is 0.500. The van der Waals surface area contributed by atoms with E-state index in [9.17, 15) is 4.79 Å². The Balaban J connectivity index is 1.77. The van der Waals surface area contributed by atoms with E-state index in [4.69, 9.17) is 0 Å². The molecule has 1 atom stereocenters. The van der Waals surface area contributed by atoms with Crippen LogP contribution in [0.1, 0.15) is 39.9 Å². The first kappa shape index (κ1) is 13.3. The van der Waals surface area contributed by atoms with Crippen LogP contribution in [0.15, 0.2) is 17.9 Å². The summed E-state index contributed by atoms with van der Waals surface area (Å²) < 4.78 is 2.08. The number of rotatable bonds is 2. The minimum Gasteiger partial charge on any atom is -0.337 e. The van der Waals surface area contributed by atoms with E-state index in [1.807, 2.05) is 25.1 Å². The number of piperidine rings is 1. The van der Waals surface area contributed by atoms with Gasteiger partial charge in [-0.15, -0.1) is 11.3 Å². The number of carbonyl (C=O) groups excluding carboxylic acids is 1. The van der Waals surface area contributed by atoms with Crippen LogP contribution in [-0.2, 0) is 7.05 Å². The van der Waals surface area contributed by atoms with Crippen LogP contribution in [0.3, 0.4) is 0 Å². The Hall–Kier alpha value is -1.69. The number of aromatic nitrogens is 3. The number of imidazole rings is 1. The van der Waals surface area contributed by atoms with Crippen molar-refractivity contribution in [3.8, 4) is 0 Å². The minimum atomic E-state index is 0.100. The standard InChI is InChI=1S/C14H18N4OS/c1-10-7-17(2)13(16-10)11-4-3-5-18(8-11)14(19)12-6-15-9-20-12/h6-7,9,11H,3-5,8H2,1-2H3. The summed E-state index contributed by atoms with van der Waals surface area (Å²) >= 11 is 1.41. The monoisotopic (exact) mass is 290 g/mol. The van der Waals surface area contributed by atoms with Crippen LogP contribution in [0.4, 0.5) is 0 Å². The molecule has 0 N–H and O–H groups in total. The number of aryl methyl sites for hydroxylation is 2. The Morgan fingerprint density at radius 2 is 2.35 bits per heavy atom. The number of hydrogen-bond donors (Lipinski definition) is 0.